The van der Waals surface area contributed by atoms with Crippen molar-refractivity contribution in [3.8, 4) is 11.4 Å². The lowest BCUT2D eigenvalue weighted by Crippen LogP contribution is -2.08. The highest BCUT2D eigenvalue weighted by Crippen LogP contribution is 2.26. The zero-order valence-corrected chi connectivity index (χ0v) is 17.2. The van der Waals surface area contributed by atoms with Crippen LogP contribution >= 0.6 is 11.8 Å². The van der Waals surface area contributed by atoms with E-state index < -0.39 is 0 Å². The molecule has 0 unspecified atom stereocenters. The number of nitrogens with zero attached hydrogens (tertiary/aromatic N) is 3. The summed E-state index contributed by atoms with van der Waals surface area (Å²) in [6.45, 7) is 5.43. The van der Waals surface area contributed by atoms with Crippen molar-refractivity contribution in [3.63, 3.8) is 0 Å². The van der Waals surface area contributed by atoms with E-state index in [-0.39, 0.29) is 34.8 Å². The average molecular weight is 410 g/mol. The summed E-state index contributed by atoms with van der Waals surface area (Å²) in [6, 6.07) is 14.1. The van der Waals surface area contributed by atoms with Crippen molar-refractivity contribution < 1.29 is 14.7 Å². The van der Waals surface area contributed by atoms with E-state index in [2.05, 4.69) is 15.4 Å². The van der Waals surface area contributed by atoms with Gasteiger partial charge in [-0.1, -0.05) is 43.8 Å². The normalized spacial score (nSPS) is 10.9. The molecule has 8 heteroatoms. The Labute approximate surface area is 173 Å². The van der Waals surface area contributed by atoms with Gasteiger partial charge in [0.1, 0.15) is 11.6 Å². The monoisotopic (exact) mass is 410 g/mol. The number of ketones is 1. The highest BCUT2D eigenvalue weighted by Gasteiger charge is 2.17. The molecule has 0 saturated carbocycles. The van der Waals surface area contributed by atoms with E-state index in [1.807, 2.05) is 44.2 Å². The van der Waals surface area contributed by atoms with Gasteiger partial charge in [-0.05, 0) is 30.3 Å². The smallest absolute Gasteiger partial charge is 0.221 e. The minimum Gasteiger partial charge on any atom is -0.506 e. The maximum Gasteiger partial charge on any atom is 0.221 e. The SMILES string of the molecule is CC(=O)Nc1cc(C(=O)CSc2nc(C(C)C)n(-c3ccccc3)n2)ccc1O. The lowest BCUT2D eigenvalue weighted by atomic mass is 10.1. The second kappa shape index (κ2) is 8.91. The lowest BCUT2D eigenvalue weighted by Gasteiger charge is -2.07. The molecule has 0 aliphatic rings. The van der Waals surface area contributed by atoms with Crippen LogP contribution in [0.15, 0.2) is 53.7 Å². The maximum absolute atomic E-state index is 12.6. The molecular weight excluding hydrogens is 388 g/mol. The van der Waals surface area contributed by atoms with Gasteiger partial charge in [0.25, 0.3) is 0 Å². The highest BCUT2D eigenvalue weighted by molar-refractivity contribution is 7.99. The second-order valence-corrected chi connectivity index (χ2v) is 7.72. The Kier molecular flexibility index (Phi) is 6.33. The zero-order chi connectivity index (χ0) is 21.0. The van der Waals surface area contributed by atoms with Crippen molar-refractivity contribution in [2.45, 2.75) is 31.8 Å². The Morgan fingerprint density at radius 1 is 1.17 bits per heavy atom. The molecule has 3 rings (SSSR count). The summed E-state index contributed by atoms with van der Waals surface area (Å²) in [4.78, 5) is 28.4. The number of rotatable bonds is 7. The highest BCUT2D eigenvalue weighted by atomic mass is 32.2. The first-order chi connectivity index (χ1) is 13.8. The fourth-order valence-corrected chi connectivity index (χ4v) is 3.44. The molecular formula is C21H22N4O3S. The Morgan fingerprint density at radius 3 is 2.55 bits per heavy atom. The summed E-state index contributed by atoms with van der Waals surface area (Å²) < 4.78 is 1.80. The molecule has 150 valence electrons. The summed E-state index contributed by atoms with van der Waals surface area (Å²) in [6.07, 6.45) is 0. The van der Waals surface area contributed by atoms with Gasteiger partial charge in [0.05, 0.1) is 17.1 Å². The number of aromatic nitrogens is 3. The number of anilines is 1. The van der Waals surface area contributed by atoms with Gasteiger partial charge in [0.15, 0.2) is 5.78 Å². The largest absolute Gasteiger partial charge is 0.506 e. The van der Waals surface area contributed by atoms with Gasteiger partial charge < -0.3 is 10.4 Å². The standard InChI is InChI=1S/C21H22N4O3S/c1-13(2)20-23-21(24-25(20)16-7-5-4-6-8-16)29-12-19(28)15-9-10-18(27)17(11-15)22-14(3)26/h4-11,13,27H,12H2,1-3H3,(H,22,26). The molecule has 0 fully saturated rings. The fourth-order valence-electron chi connectivity index (χ4n) is 2.71. The van der Waals surface area contributed by atoms with Crippen LogP contribution in [0, 0.1) is 0 Å². The van der Waals surface area contributed by atoms with E-state index in [0.29, 0.717) is 10.7 Å². The van der Waals surface area contributed by atoms with E-state index in [4.69, 9.17) is 0 Å². The van der Waals surface area contributed by atoms with E-state index in [9.17, 15) is 14.7 Å². The van der Waals surface area contributed by atoms with Crippen LogP contribution in [0.2, 0.25) is 0 Å². The zero-order valence-electron chi connectivity index (χ0n) is 16.4. The number of Topliss-reactive ketones (excluding diaryl/α,β-unsaturated/α-hetero) is 1. The van der Waals surface area contributed by atoms with Crippen molar-refractivity contribution in [1.82, 2.24) is 14.8 Å². The number of phenolic OH excluding ortho intramolecular Hbond substituents is 1. The molecule has 0 aliphatic heterocycles. The molecule has 0 saturated heterocycles. The number of phenols is 1. The number of benzene rings is 2. The first-order valence-corrected chi connectivity index (χ1v) is 10.1. The summed E-state index contributed by atoms with van der Waals surface area (Å²) >= 11 is 1.25. The number of amides is 1. The number of thioether (sulfide) groups is 1. The third kappa shape index (κ3) is 5.03. The van der Waals surface area contributed by atoms with E-state index in [1.54, 1.807) is 4.68 Å². The minimum absolute atomic E-state index is 0.0887. The van der Waals surface area contributed by atoms with Gasteiger partial charge in [-0.15, -0.1) is 5.10 Å². The fraction of sp³-hybridized carbons (Fsp3) is 0.238. The van der Waals surface area contributed by atoms with E-state index in [0.717, 1.165) is 11.5 Å². The Balaban J connectivity index is 1.76. The van der Waals surface area contributed by atoms with Gasteiger partial charge >= 0.3 is 0 Å². The first-order valence-electron chi connectivity index (χ1n) is 9.14. The Hall–Kier alpha value is -3.13. The maximum atomic E-state index is 12.6. The molecule has 1 aromatic heterocycles. The van der Waals surface area contributed by atoms with E-state index in [1.165, 1.54) is 36.9 Å². The van der Waals surface area contributed by atoms with Gasteiger partial charge in [0, 0.05) is 18.4 Å². The minimum atomic E-state index is -0.323. The van der Waals surface area contributed by atoms with Gasteiger partial charge in [-0.25, -0.2) is 9.67 Å². The van der Waals surface area contributed by atoms with Gasteiger partial charge in [-0.2, -0.15) is 0 Å². The number of nitrogens with one attached hydrogen (secondary N) is 1. The van der Waals surface area contributed by atoms with Crippen LogP contribution in [0.3, 0.4) is 0 Å². The summed E-state index contributed by atoms with van der Waals surface area (Å²) in [5.74, 6) is 0.573. The Bertz CT molecular complexity index is 1030. The van der Waals surface area contributed by atoms with Crippen molar-refractivity contribution in [3.05, 3.63) is 59.9 Å². The van der Waals surface area contributed by atoms with Crippen LogP contribution in [0.1, 0.15) is 42.9 Å². The molecule has 2 N–H and O–H groups in total. The number of carbonyl (C=O) groups is 2. The third-order valence-corrected chi connectivity index (χ3v) is 4.93. The van der Waals surface area contributed by atoms with Gasteiger partial charge in [-0.3, -0.25) is 9.59 Å². The molecule has 0 aliphatic carbocycles. The molecule has 0 atom stereocenters. The lowest BCUT2D eigenvalue weighted by molar-refractivity contribution is -0.114. The summed E-state index contributed by atoms with van der Waals surface area (Å²) in [5.41, 5.74) is 1.52. The molecule has 1 amide bonds. The summed E-state index contributed by atoms with van der Waals surface area (Å²) in [5, 5.41) is 17.4. The van der Waals surface area contributed by atoms with Crippen LogP contribution in [0.25, 0.3) is 5.69 Å². The first kappa shape index (κ1) is 20.6. The van der Waals surface area contributed by atoms with Crippen LogP contribution in [-0.2, 0) is 4.79 Å². The number of hydrogen-bond acceptors (Lipinski definition) is 6. The molecule has 0 radical (unpaired) electrons. The topological polar surface area (TPSA) is 97.1 Å². The molecule has 0 bridgehead atoms. The second-order valence-electron chi connectivity index (χ2n) is 6.78. The number of hydrogen-bond donors (Lipinski definition) is 2. The van der Waals surface area contributed by atoms with E-state index >= 15 is 0 Å². The van der Waals surface area contributed by atoms with Gasteiger partial charge in [0.2, 0.25) is 11.1 Å². The van der Waals surface area contributed by atoms with Crippen molar-refractivity contribution >= 4 is 29.1 Å². The average Bonchev–Trinajstić information content (AvgIpc) is 3.13. The van der Waals surface area contributed by atoms with Crippen LogP contribution in [-0.4, -0.2) is 37.3 Å². The molecule has 3 aromatic rings. The van der Waals surface area contributed by atoms with Crippen LogP contribution < -0.4 is 5.32 Å². The van der Waals surface area contributed by atoms with Crippen LogP contribution in [0.5, 0.6) is 5.75 Å². The number of aromatic hydroxyl groups is 1. The van der Waals surface area contributed by atoms with Crippen molar-refractivity contribution in [2.75, 3.05) is 11.1 Å². The molecule has 1 heterocycles. The predicted octanol–water partition coefficient (Wildman–Crippen LogP) is 4.03. The van der Waals surface area contributed by atoms with Crippen molar-refractivity contribution in [2.24, 2.45) is 0 Å². The number of carbonyl (C=O) groups excluding carboxylic acids is 2. The molecule has 0 spiro atoms. The predicted molar refractivity (Wildman–Crippen MR) is 113 cm³/mol. The Morgan fingerprint density at radius 2 is 1.90 bits per heavy atom. The quantitative estimate of drug-likeness (QED) is 0.347. The van der Waals surface area contributed by atoms with Crippen molar-refractivity contribution in [1.29, 1.82) is 0 Å². The number of para-hydroxylation sites is 1. The molecule has 2 aromatic carbocycles. The van der Waals surface area contributed by atoms with Crippen LogP contribution in [0.4, 0.5) is 5.69 Å². The molecule has 7 nitrogen and oxygen atoms in total. The molecule has 29 heavy (non-hydrogen) atoms. The summed E-state index contributed by atoms with van der Waals surface area (Å²) in [7, 11) is 0. The third-order valence-electron chi connectivity index (χ3n) is 4.09.